The van der Waals surface area contributed by atoms with Gasteiger partial charge in [-0.3, -0.25) is 5.84 Å². The van der Waals surface area contributed by atoms with Crippen LogP contribution < -0.4 is 28.4 Å². The van der Waals surface area contributed by atoms with E-state index in [0.29, 0.717) is 11.7 Å². The fraction of sp³-hybridized carbons (Fsp3) is 0.222. The van der Waals surface area contributed by atoms with Gasteiger partial charge in [0.1, 0.15) is 12.0 Å². The first kappa shape index (κ1) is 13.0. The largest absolute Gasteiger partial charge is 1.00 e. The van der Waals surface area contributed by atoms with Crippen LogP contribution in [0.25, 0.3) is 0 Å². The molecule has 0 spiro atoms. The van der Waals surface area contributed by atoms with Gasteiger partial charge >= 0.3 is 5.95 Å². The molecule has 4 N–H and O–H groups in total. The molecule has 92 valence electrons. The Morgan fingerprint density at radius 1 is 1.71 bits per heavy atom. The summed E-state index contributed by atoms with van der Waals surface area (Å²) in [6, 6.07) is 3.58. The number of anilines is 1. The number of hydrazone groups is 1. The topological polar surface area (TPSA) is 96.1 Å². The third kappa shape index (κ3) is 2.97. The lowest BCUT2D eigenvalue weighted by Gasteiger charge is -1.92. The number of H-pyrrole nitrogens is 1. The molecular weight excluding hydrogens is 244 g/mol. The van der Waals surface area contributed by atoms with E-state index in [0.717, 1.165) is 12.2 Å². The van der Waals surface area contributed by atoms with Crippen LogP contribution in [0.5, 0.6) is 0 Å². The number of hydrogen-bond donors (Lipinski definition) is 3. The highest BCUT2D eigenvalue weighted by Gasteiger charge is 2.13. The number of aryl methyl sites for hydroxylation is 1. The predicted octanol–water partition coefficient (Wildman–Crippen LogP) is -2.98. The Kier molecular flexibility index (Phi) is 4.53. The van der Waals surface area contributed by atoms with E-state index in [1.807, 2.05) is 6.92 Å². The Labute approximate surface area is 104 Å². The average Bonchev–Trinajstić information content (AvgIpc) is 2.90. The van der Waals surface area contributed by atoms with E-state index in [1.54, 1.807) is 24.6 Å². The monoisotopic (exact) mass is 256 g/mol. The lowest BCUT2D eigenvalue weighted by molar-refractivity contribution is -0.632. The van der Waals surface area contributed by atoms with E-state index in [9.17, 15) is 0 Å². The van der Waals surface area contributed by atoms with Crippen LogP contribution in [0.4, 0.5) is 5.95 Å². The minimum Gasteiger partial charge on any atom is -1.00 e. The first-order valence-corrected chi connectivity index (χ1v) is 4.88. The molecule has 0 saturated carbocycles. The van der Waals surface area contributed by atoms with Gasteiger partial charge in [-0.15, -0.1) is 9.78 Å². The summed E-state index contributed by atoms with van der Waals surface area (Å²) in [6.45, 7) is 1.98. The maximum absolute atomic E-state index is 5.74. The molecule has 17 heavy (non-hydrogen) atoms. The Balaban J connectivity index is 0.00000144. The molecule has 8 heteroatoms. The molecule has 2 heterocycles. The number of furan rings is 1. The van der Waals surface area contributed by atoms with Crippen LogP contribution in [-0.2, 0) is 6.42 Å². The molecule has 0 unspecified atom stereocenters. The summed E-state index contributed by atoms with van der Waals surface area (Å²) in [5.74, 6) is 7.65. The number of aromatic nitrogens is 3. The minimum atomic E-state index is 0. The van der Waals surface area contributed by atoms with Gasteiger partial charge in [0.25, 0.3) is 0 Å². The summed E-state index contributed by atoms with van der Waals surface area (Å²) in [4.78, 5) is 0. The third-order valence-electron chi connectivity index (χ3n) is 2.04. The lowest BCUT2D eigenvalue weighted by Crippen LogP contribution is -3.00. The number of nitrogens with one attached hydrogen (secondary N) is 2. The third-order valence-corrected chi connectivity index (χ3v) is 2.04. The van der Waals surface area contributed by atoms with Gasteiger partial charge in [-0.2, -0.15) is 10.5 Å². The van der Waals surface area contributed by atoms with E-state index in [2.05, 4.69) is 20.7 Å². The molecule has 0 atom stereocenters. The number of hydrogen-bond acceptors (Lipinski definition) is 5. The molecule has 0 aliphatic rings. The molecule has 2 rings (SSSR count). The van der Waals surface area contributed by atoms with Crippen molar-refractivity contribution in [2.45, 2.75) is 13.3 Å². The Morgan fingerprint density at radius 3 is 3.12 bits per heavy atom. The van der Waals surface area contributed by atoms with Crippen LogP contribution in [0.3, 0.4) is 0 Å². The SMILES string of the molecule is CCc1[nH]nc(NN=Cc2ccco2)[n+]1N.[Cl-]. The minimum absolute atomic E-state index is 0. The summed E-state index contributed by atoms with van der Waals surface area (Å²) in [6.07, 6.45) is 3.89. The average molecular weight is 257 g/mol. The second-order valence-corrected chi connectivity index (χ2v) is 3.10. The zero-order chi connectivity index (χ0) is 11.4. The van der Waals surface area contributed by atoms with Gasteiger partial charge in [-0.05, 0) is 12.1 Å². The highest BCUT2D eigenvalue weighted by molar-refractivity contribution is 5.76. The van der Waals surface area contributed by atoms with Crippen molar-refractivity contribution in [3.05, 3.63) is 30.0 Å². The summed E-state index contributed by atoms with van der Waals surface area (Å²) in [5.41, 5.74) is 2.71. The van der Waals surface area contributed by atoms with E-state index in [-0.39, 0.29) is 12.4 Å². The smallest absolute Gasteiger partial charge is 0.421 e. The van der Waals surface area contributed by atoms with Crippen molar-refractivity contribution in [1.82, 2.24) is 10.2 Å². The Bertz CT molecular complexity index is 478. The van der Waals surface area contributed by atoms with Gasteiger partial charge in [0.05, 0.1) is 6.26 Å². The second kappa shape index (κ2) is 5.90. The van der Waals surface area contributed by atoms with Gasteiger partial charge < -0.3 is 16.8 Å². The van der Waals surface area contributed by atoms with Gasteiger partial charge in [0, 0.05) is 11.5 Å². The van der Waals surface area contributed by atoms with Crippen molar-refractivity contribution in [3.8, 4) is 0 Å². The zero-order valence-corrected chi connectivity index (χ0v) is 9.98. The number of nitrogen functional groups attached to an aromatic ring is 1. The van der Waals surface area contributed by atoms with Crippen molar-refractivity contribution in [3.63, 3.8) is 0 Å². The Morgan fingerprint density at radius 2 is 2.53 bits per heavy atom. The maximum atomic E-state index is 5.74. The van der Waals surface area contributed by atoms with Crippen molar-refractivity contribution >= 4 is 12.2 Å². The van der Waals surface area contributed by atoms with Crippen LogP contribution in [0.2, 0.25) is 0 Å². The number of nitrogens with zero attached hydrogens (tertiary/aromatic N) is 3. The molecule has 7 nitrogen and oxygen atoms in total. The molecule has 0 aromatic carbocycles. The van der Waals surface area contributed by atoms with Gasteiger partial charge in [0.15, 0.2) is 0 Å². The number of rotatable bonds is 4. The van der Waals surface area contributed by atoms with E-state index in [1.165, 1.54) is 4.68 Å². The van der Waals surface area contributed by atoms with Crippen LogP contribution in [0.15, 0.2) is 27.9 Å². The number of halogens is 1. The first-order chi connectivity index (χ1) is 7.81. The highest BCUT2D eigenvalue weighted by atomic mass is 35.5. The van der Waals surface area contributed by atoms with Crippen LogP contribution in [0.1, 0.15) is 18.5 Å². The first-order valence-electron chi connectivity index (χ1n) is 4.88. The van der Waals surface area contributed by atoms with Crippen molar-refractivity contribution in [2.75, 3.05) is 11.3 Å². The molecule has 0 aliphatic heterocycles. The predicted molar refractivity (Wildman–Crippen MR) is 58.2 cm³/mol. The number of nitrogens with two attached hydrogens (primary N) is 1. The second-order valence-electron chi connectivity index (χ2n) is 3.10. The quantitative estimate of drug-likeness (QED) is 0.235. The molecule has 0 bridgehead atoms. The fourth-order valence-electron chi connectivity index (χ4n) is 1.20. The van der Waals surface area contributed by atoms with E-state index < -0.39 is 0 Å². The molecule has 0 amide bonds. The van der Waals surface area contributed by atoms with Gasteiger partial charge in [-0.25, -0.2) is 0 Å². The molecule has 2 aromatic heterocycles. The van der Waals surface area contributed by atoms with Crippen molar-refractivity contribution in [1.29, 1.82) is 0 Å². The van der Waals surface area contributed by atoms with Crippen LogP contribution in [0, 0.1) is 0 Å². The molecule has 0 aliphatic carbocycles. The van der Waals surface area contributed by atoms with E-state index in [4.69, 9.17) is 10.3 Å². The molecule has 0 fully saturated rings. The van der Waals surface area contributed by atoms with Crippen LogP contribution in [-0.4, -0.2) is 16.4 Å². The van der Waals surface area contributed by atoms with Gasteiger partial charge in [0.2, 0.25) is 5.82 Å². The lowest BCUT2D eigenvalue weighted by atomic mass is 10.5. The number of aromatic amines is 1. The molecule has 2 aromatic rings. The summed E-state index contributed by atoms with van der Waals surface area (Å²) >= 11 is 0. The van der Waals surface area contributed by atoms with Crippen molar-refractivity contribution in [2.24, 2.45) is 5.10 Å². The maximum Gasteiger partial charge on any atom is 0.421 e. The van der Waals surface area contributed by atoms with E-state index >= 15 is 0 Å². The summed E-state index contributed by atoms with van der Waals surface area (Å²) in [7, 11) is 0. The molecule has 0 radical (unpaired) electrons. The standard InChI is InChI=1S/C9H12N6O.ClH/c1-2-8-12-14-9(15(8)10)13-11-6-7-4-3-5-16-7;/h3-6H,2,10H2,1H3,(H,13,14);1H. The highest BCUT2D eigenvalue weighted by Crippen LogP contribution is 1.97. The zero-order valence-electron chi connectivity index (χ0n) is 9.22. The van der Waals surface area contributed by atoms with Crippen molar-refractivity contribution < 1.29 is 21.5 Å². The Hall–Kier alpha value is -2.02. The normalized spacial score (nSPS) is 10.4. The van der Waals surface area contributed by atoms with Gasteiger partial charge in [-0.1, -0.05) is 6.92 Å². The summed E-state index contributed by atoms with van der Waals surface area (Å²) in [5, 5.41) is 10.7. The van der Waals surface area contributed by atoms with Crippen LogP contribution >= 0.6 is 0 Å². The molecular formula is C9H13ClN6O. The fourth-order valence-corrected chi connectivity index (χ4v) is 1.20. The summed E-state index contributed by atoms with van der Waals surface area (Å²) < 4.78 is 6.49. The molecule has 0 saturated heterocycles.